The molecule has 1 amide bonds. The van der Waals surface area contributed by atoms with Crippen molar-refractivity contribution in [3.05, 3.63) is 40.3 Å². The molecule has 0 spiro atoms. The van der Waals surface area contributed by atoms with Crippen molar-refractivity contribution in [3.63, 3.8) is 0 Å². The van der Waals surface area contributed by atoms with Crippen LogP contribution in [0.4, 0.5) is 5.00 Å². The van der Waals surface area contributed by atoms with E-state index in [0.29, 0.717) is 28.3 Å². The molecule has 0 unspecified atom stereocenters. The molecule has 1 saturated heterocycles. The van der Waals surface area contributed by atoms with Crippen molar-refractivity contribution in [1.29, 1.82) is 0 Å². The van der Waals surface area contributed by atoms with E-state index in [9.17, 15) is 18.0 Å². The van der Waals surface area contributed by atoms with Gasteiger partial charge in [-0.05, 0) is 69.4 Å². The van der Waals surface area contributed by atoms with E-state index in [1.54, 1.807) is 25.1 Å². The van der Waals surface area contributed by atoms with Gasteiger partial charge < -0.3 is 10.1 Å². The van der Waals surface area contributed by atoms with Gasteiger partial charge >= 0.3 is 5.97 Å². The largest absolute Gasteiger partial charge is 0.462 e. The van der Waals surface area contributed by atoms with Crippen LogP contribution in [-0.4, -0.2) is 50.6 Å². The summed E-state index contributed by atoms with van der Waals surface area (Å²) >= 11 is 2.88. The van der Waals surface area contributed by atoms with E-state index in [1.165, 1.54) is 27.4 Å². The number of hydrogen-bond acceptors (Lipinski definition) is 7. The number of benzene rings is 1. The lowest BCUT2D eigenvalue weighted by Gasteiger charge is -2.31. The van der Waals surface area contributed by atoms with Crippen molar-refractivity contribution in [3.8, 4) is 0 Å². The number of fused-ring (bicyclic) bond motifs is 1. The normalized spacial score (nSPS) is 17.2. The van der Waals surface area contributed by atoms with Crippen molar-refractivity contribution in [2.75, 3.05) is 31.3 Å². The summed E-state index contributed by atoms with van der Waals surface area (Å²) in [5.41, 5.74) is 1.52. The fourth-order valence-corrected chi connectivity index (χ4v) is 8.49. The Kier molecular flexibility index (Phi) is 8.01. The number of rotatable bonds is 7. The van der Waals surface area contributed by atoms with E-state index in [-0.39, 0.29) is 37.5 Å². The van der Waals surface area contributed by atoms with Crippen molar-refractivity contribution in [1.82, 2.24) is 4.31 Å². The first-order chi connectivity index (χ1) is 16.4. The zero-order valence-electron chi connectivity index (χ0n) is 19.5. The van der Waals surface area contributed by atoms with Crippen LogP contribution < -0.4 is 5.32 Å². The molecule has 1 aromatic carbocycles. The lowest BCUT2D eigenvalue weighted by Crippen LogP contribution is -2.41. The number of amides is 1. The molecule has 1 aliphatic carbocycles. The highest BCUT2D eigenvalue weighted by atomic mass is 32.2. The molecule has 184 valence electrons. The quantitative estimate of drug-likeness (QED) is 0.423. The molecule has 7 nitrogen and oxygen atoms in total. The first kappa shape index (κ1) is 25.2. The maximum atomic E-state index is 13.2. The number of ether oxygens (including phenoxy) is 1. The van der Waals surface area contributed by atoms with Crippen molar-refractivity contribution < 1.29 is 22.7 Å². The number of carbonyl (C=O) groups is 2. The van der Waals surface area contributed by atoms with Crippen molar-refractivity contribution >= 4 is 50.0 Å². The van der Waals surface area contributed by atoms with Crippen LogP contribution in [0.2, 0.25) is 0 Å². The van der Waals surface area contributed by atoms with Gasteiger partial charge in [-0.1, -0.05) is 12.1 Å². The van der Waals surface area contributed by atoms with Crippen LogP contribution in [0, 0.1) is 5.92 Å². The molecule has 1 aromatic heterocycles. The molecular formula is C24H30N2O5S3. The number of thioether (sulfide) groups is 1. The Morgan fingerprint density at radius 1 is 1.18 bits per heavy atom. The maximum Gasteiger partial charge on any atom is 0.341 e. The third-order valence-corrected chi connectivity index (χ3v) is 10.5. The summed E-state index contributed by atoms with van der Waals surface area (Å²) < 4.78 is 33.1. The zero-order chi connectivity index (χ0) is 24.3. The molecule has 0 saturated carbocycles. The van der Waals surface area contributed by atoms with Crippen LogP contribution >= 0.6 is 23.1 Å². The van der Waals surface area contributed by atoms with Gasteiger partial charge in [-0.15, -0.1) is 23.1 Å². The number of thiophene rings is 1. The van der Waals surface area contributed by atoms with Crippen LogP contribution in [0.1, 0.15) is 53.4 Å². The predicted octanol–water partition coefficient (Wildman–Crippen LogP) is 4.56. The van der Waals surface area contributed by atoms with Crippen molar-refractivity contribution in [2.24, 2.45) is 5.92 Å². The molecule has 1 aliphatic heterocycles. The lowest BCUT2D eigenvalue weighted by atomic mass is 9.95. The van der Waals surface area contributed by atoms with Gasteiger partial charge in [0.25, 0.3) is 0 Å². The first-order valence-electron chi connectivity index (χ1n) is 11.6. The standard InChI is InChI=1S/C24H30N2O5S3/c1-3-31-24(28)21-17-8-4-5-9-18(17)33-23(21)25-22(27)16-12-14-26(15-13-16)34(29,30)20-11-7-6-10-19(20)32-2/h6-7,10-11,16H,3-5,8-9,12-15H2,1-2H3,(H,25,27). The van der Waals surface area contributed by atoms with E-state index in [0.717, 1.165) is 41.0 Å². The number of esters is 1. The Hall–Kier alpha value is -1.88. The first-order valence-corrected chi connectivity index (χ1v) is 15.1. The monoisotopic (exact) mass is 522 g/mol. The number of nitrogens with one attached hydrogen (secondary N) is 1. The molecule has 0 atom stereocenters. The minimum atomic E-state index is -3.62. The minimum absolute atomic E-state index is 0.161. The van der Waals surface area contributed by atoms with Crippen LogP contribution in [-0.2, 0) is 32.4 Å². The number of nitrogens with zero attached hydrogens (tertiary/aromatic N) is 1. The molecule has 2 aliphatic rings. The smallest absolute Gasteiger partial charge is 0.341 e. The number of carbonyl (C=O) groups excluding carboxylic acids is 2. The number of hydrogen-bond donors (Lipinski definition) is 1. The van der Waals surface area contributed by atoms with Crippen LogP contribution in [0.25, 0.3) is 0 Å². The maximum absolute atomic E-state index is 13.2. The molecule has 1 fully saturated rings. The van der Waals surface area contributed by atoms with E-state index >= 15 is 0 Å². The minimum Gasteiger partial charge on any atom is -0.462 e. The number of sulfonamides is 1. The fraction of sp³-hybridized carbons (Fsp3) is 0.500. The second-order valence-corrected chi connectivity index (χ2v) is 12.3. The average molecular weight is 523 g/mol. The SMILES string of the molecule is CCOC(=O)c1c(NC(=O)C2CCN(S(=O)(=O)c3ccccc3SC)CC2)sc2c1CCCC2. The van der Waals surface area contributed by atoms with Gasteiger partial charge in [-0.3, -0.25) is 4.79 Å². The van der Waals surface area contributed by atoms with Gasteiger partial charge in [0.05, 0.1) is 17.1 Å². The Bertz CT molecular complexity index is 1170. The number of aryl methyl sites for hydroxylation is 1. The molecular weight excluding hydrogens is 492 g/mol. The van der Waals surface area contributed by atoms with Gasteiger partial charge in [0.15, 0.2) is 0 Å². The molecule has 0 bridgehead atoms. The Morgan fingerprint density at radius 3 is 2.59 bits per heavy atom. The van der Waals surface area contributed by atoms with Gasteiger partial charge in [0.2, 0.25) is 15.9 Å². The highest BCUT2D eigenvalue weighted by Gasteiger charge is 2.34. The molecule has 4 rings (SSSR count). The Balaban J connectivity index is 1.46. The van der Waals surface area contributed by atoms with E-state index in [2.05, 4.69) is 5.32 Å². The molecule has 2 heterocycles. The van der Waals surface area contributed by atoms with Gasteiger partial charge in [-0.2, -0.15) is 4.31 Å². The highest BCUT2D eigenvalue weighted by Crippen LogP contribution is 2.39. The molecule has 2 aromatic rings. The van der Waals surface area contributed by atoms with Crippen LogP contribution in [0.3, 0.4) is 0 Å². The summed E-state index contributed by atoms with van der Waals surface area (Å²) in [5.74, 6) is -0.854. The number of anilines is 1. The highest BCUT2D eigenvalue weighted by molar-refractivity contribution is 7.99. The van der Waals surface area contributed by atoms with Crippen LogP contribution in [0.5, 0.6) is 0 Å². The Labute approximate surface area is 209 Å². The molecule has 34 heavy (non-hydrogen) atoms. The summed E-state index contributed by atoms with van der Waals surface area (Å²) in [5, 5.41) is 3.56. The van der Waals surface area contributed by atoms with E-state index < -0.39 is 10.0 Å². The summed E-state index contributed by atoms with van der Waals surface area (Å²) in [6.45, 7) is 2.63. The van der Waals surface area contributed by atoms with Gasteiger partial charge in [-0.25, -0.2) is 13.2 Å². The zero-order valence-corrected chi connectivity index (χ0v) is 21.9. The summed E-state index contributed by atoms with van der Waals surface area (Å²) in [6, 6.07) is 7.00. The second-order valence-electron chi connectivity index (χ2n) is 8.45. The molecule has 1 N–H and O–H groups in total. The average Bonchev–Trinajstić information content (AvgIpc) is 3.22. The van der Waals surface area contributed by atoms with Crippen molar-refractivity contribution in [2.45, 2.75) is 55.2 Å². The van der Waals surface area contributed by atoms with Gasteiger partial charge in [0.1, 0.15) is 5.00 Å². The summed E-state index contributed by atoms with van der Waals surface area (Å²) in [7, 11) is -3.62. The summed E-state index contributed by atoms with van der Waals surface area (Å²) in [6.07, 6.45) is 6.57. The van der Waals surface area contributed by atoms with E-state index in [4.69, 9.17) is 4.74 Å². The second kappa shape index (κ2) is 10.8. The van der Waals surface area contributed by atoms with Crippen LogP contribution in [0.15, 0.2) is 34.1 Å². The molecule has 0 radical (unpaired) electrons. The van der Waals surface area contributed by atoms with Gasteiger partial charge in [0, 0.05) is 28.8 Å². The fourth-order valence-electron chi connectivity index (χ4n) is 4.62. The number of piperidine rings is 1. The Morgan fingerprint density at radius 2 is 1.88 bits per heavy atom. The predicted molar refractivity (Wildman–Crippen MR) is 135 cm³/mol. The lowest BCUT2D eigenvalue weighted by molar-refractivity contribution is -0.120. The topological polar surface area (TPSA) is 92.8 Å². The third kappa shape index (κ3) is 5.05. The third-order valence-electron chi connectivity index (χ3n) is 6.40. The van der Waals surface area contributed by atoms with E-state index in [1.807, 2.05) is 12.3 Å². The molecule has 10 heteroatoms. The summed E-state index contributed by atoms with van der Waals surface area (Å²) in [4.78, 5) is 27.9.